The molecule has 5 nitrogen and oxygen atoms in total. The summed E-state index contributed by atoms with van der Waals surface area (Å²) >= 11 is 0. The van der Waals surface area contributed by atoms with Crippen LogP contribution in [0.15, 0.2) is 0 Å². The average molecular weight is 313 g/mol. The quantitative estimate of drug-likeness (QED) is 0.670. The number of carbonyl (C=O) groups excluding carboxylic acids is 1. The Morgan fingerprint density at radius 3 is 2.32 bits per heavy atom. The van der Waals surface area contributed by atoms with E-state index in [4.69, 9.17) is 5.73 Å². The zero-order valence-electron chi connectivity index (χ0n) is 15.0. The second-order valence-corrected chi connectivity index (χ2v) is 6.99. The largest absolute Gasteiger partial charge is 0.355 e. The first-order chi connectivity index (χ1) is 10.5. The lowest BCUT2D eigenvalue weighted by molar-refractivity contribution is -0.131. The van der Waals surface area contributed by atoms with E-state index in [0.29, 0.717) is 12.5 Å². The van der Waals surface area contributed by atoms with Crippen molar-refractivity contribution < 1.29 is 4.79 Å². The second-order valence-electron chi connectivity index (χ2n) is 6.99. The third kappa shape index (κ3) is 5.52. The Hall–Kier alpha value is -0.650. The Balaban J connectivity index is 2.31. The van der Waals surface area contributed by atoms with Gasteiger partial charge in [0.2, 0.25) is 5.91 Å². The molecule has 0 bridgehead atoms. The predicted octanol–water partition coefficient (Wildman–Crippen LogP) is 1.14. The van der Waals surface area contributed by atoms with Gasteiger partial charge in [0.15, 0.2) is 0 Å². The third-order valence-corrected chi connectivity index (χ3v) is 5.35. The molecule has 0 aliphatic carbocycles. The number of likely N-dealkylation sites (tertiary alicyclic amines) is 1. The van der Waals surface area contributed by atoms with E-state index in [9.17, 15) is 4.79 Å². The predicted molar refractivity (Wildman–Crippen MR) is 92.8 cm³/mol. The van der Waals surface area contributed by atoms with Crippen molar-refractivity contribution in [2.24, 2.45) is 17.1 Å². The maximum Gasteiger partial charge on any atom is 0.227 e. The second kappa shape index (κ2) is 9.48. The minimum Gasteiger partial charge on any atom is -0.355 e. The van der Waals surface area contributed by atoms with Gasteiger partial charge in [0, 0.05) is 26.2 Å². The fourth-order valence-electron chi connectivity index (χ4n) is 3.13. The van der Waals surface area contributed by atoms with Crippen molar-refractivity contribution >= 4 is 5.91 Å². The van der Waals surface area contributed by atoms with Crippen LogP contribution in [0, 0.1) is 11.3 Å². The van der Waals surface area contributed by atoms with Crippen LogP contribution < -0.4 is 11.1 Å². The number of amides is 1. The SMILES string of the molecule is CCC(CC)(CN)C(=O)NCC1CCN(CCN(C)C)CC1. The van der Waals surface area contributed by atoms with Gasteiger partial charge in [-0.2, -0.15) is 0 Å². The van der Waals surface area contributed by atoms with Crippen LogP contribution in [0.5, 0.6) is 0 Å². The lowest BCUT2D eigenvalue weighted by Crippen LogP contribution is -2.47. The van der Waals surface area contributed by atoms with E-state index in [1.807, 2.05) is 0 Å². The molecule has 1 fully saturated rings. The first-order valence-corrected chi connectivity index (χ1v) is 8.82. The van der Waals surface area contributed by atoms with Crippen molar-refractivity contribution in [1.29, 1.82) is 0 Å². The molecule has 0 spiro atoms. The normalized spacial score (nSPS) is 17.9. The van der Waals surface area contributed by atoms with Crippen molar-refractivity contribution in [3.05, 3.63) is 0 Å². The van der Waals surface area contributed by atoms with E-state index >= 15 is 0 Å². The van der Waals surface area contributed by atoms with E-state index in [1.165, 1.54) is 12.8 Å². The number of likely N-dealkylation sites (N-methyl/N-ethyl adjacent to an activating group) is 1. The number of hydrogen-bond donors (Lipinski definition) is 2. The fourth-order valence-corrected chi connectivity index (χ4v) is 3.13. The number of nitrogens with one attached hydrogen (secondary N) is 1. The molecule has 0 aromatic carbocycles. The highest BCUT2D eigenvalue weighted by molar-refractivity contribution is 5.82. The van der Waals surface area contributed by atoms with Crippen LogP contribution in [-0.2, 0) is 4.79 Å². The van der Waals surface area contributed by atoms with E-state index in [0.717, 1.165) is 45.6 Å². The summed E-state index contributed by atoms with van der Waals surface area (Å²) in [5.41, 5.74) is 5.47. The van der Waals surface area contributed by atoms with Crippen molar-refractivity contribution in [3.8, 4) is 0 Å². The highest BCUT2D eigenvalue weighted by atomic mass is 16.2. The molecular weight excluding hydrogens is 276 g/mol. The highest BCUT2D eigenvalue weighted by Crippen LogP contribution is 2.25. The molecule has 1 rings (SSSR count). The van der Waals surface area contributed by atoms with Gasteiger partial charge in [-0.3, -0.25) is 4.79 Å². The van der Waals surface area contributed by atoms with E-state index < -0.39 is 0 Å². The molecule has 1 saturated heterocycles. The van der Waals surface area contributed by atoms with Gasteiger partial charge in [-0.15, -0.1) is 0 Å². The molecule has 0 radical (unpaired) electrons. The molecule has 1 amide bonds. The van der Waals surface area contributed by atoms with Gasteiger partial charge in [0.25, 0.3) is 0 Å². The minimum absolute atomic E-state index is 0.148. The number of piperidine rings is 1. The van der Waals surface area contributed by atoms with Crippen LogP contribution in [0.2, 0.25) is 0 Å². The maximum atomic E-state index is 12.4. The van der Waals surface area contributed by atoms with Crippen molar-refractivity contribution in [3.63, 3.8) is 0 Å². The lowest BCUT2D eigenvalue weighted by Gasteiger charge is -2.34. The van der Waals surface area contributed by atoms with Gasteiger partial charge in [-0.1, -0.05) is 13.8 Å². The molecule has 1 heterocycles. The first-order valence-electron chi connectivity index (χ1n) is 8.82. The Morgan fingerprint density at radius 2 is 1.86 bits per heavy atom. The lowest BCUT2D eigenvalue weighted by atomic mass is 9.81. The topological polar surface area (TPSA) is 61.6 Å². The molecule has 0 aromatic rings. The Bertz CT molecular complexity index is 312. The number of rotatable bonds is 9. The van der Waals surface area contributed by atoms with E-state index in [-0.39, 0.29) is 11.3 Å². The fraction of sp³-hybridized carbons (Fsp3) is 0.941. The first kappa shape index (κ1) is 19.4. The smallest absolute Gasteiger partial charge is 0.227 e. The van der Waals surface area contributed by atoms with Crippen LogP contribution in [0.25, 0.3) is 0 Å². The van der Waals surface area contributed by atoms with E-state index in [1.54, 1.807) is 0 Å². The minimum atomic E-state index is -0.369. The highest BCUT2D eigenvalue weighted by Gasteiger charge is 2.33. The molecule has 130 valence electrons. The molecule has 0 saturated carbocycles. The standard InChI is InChI=1S/C17H36N4O/c1-5-17(6-2,14-18)16(22)19-13-15-7-9-21(10-8-15)12-11-20(3)4/h15H,5-14,18H2,1-4H3,(H,19,22). The van der Waals surface area contributed by atoms with Crippen LogP contribution in [-0.4, -0.2) is 69.1 Å². The molecule has 5 heteroatoms. The van der Waals surface area contributed by atoms with Crippen LogP contribution in [0.1, 0.15) is 39.5 Å². The van der Waals surface area contributed by atoms with Gasteiger partial charge in [-0.05, 0) is 58.8 Å². The van der Waals surface area contributed by atoms with Crippen molar-refractivity contribution in [2.75, 3.05) is 53.4 Å². The Morgan fingerprint density at radius 1 is 1.27 bits per heavy atom. The summed E-state index contributed by atoms with van der Waals surface area (Å²) in [6.07, 6.45) is 3.99. The summed E-state index contributed by atoms with van der Waals surface area (Å²) in [5, 5.41) is 3.17. The summed E-state index contributed by atoms with van der Waals surface area (Å²) in [7, 11) is 4.24. The number of nitrogens with two attached hydrogens (primary N) is 1. The molecular formula is C17H36N4O. The monoisotopic (exact) mass is 312 g/mol. The Labute approximate surface area is 136 Å². The molecule has 0 unspecified atom stereocenters. The number of hydrogen-bond acceptors (Lipinski definition) is 4. The number of nitrogens with zero attached hydrogens (tertiary/aromatic N) is 2. The van der Waals surface area contributed by atoms with Gasteiger partial charge in [0.1, 0.15) is 0 Å². The summed E-state index contributed by atoms with van der Waals surface area (Å²) < 4.78 is 0. The summed E-state index contributed by atoms with van der Waals surface area (Å²) in [5.74, 6) is 0.763. The van der Waals surface area contributed by atoms with Gasteiger partial charge in [-0.25, -0.2) is 0 Å². The van der Waals surface area contributed by atoms with Crippen LogP contribution in [0.3, 0.4) is 0 Å². The zero-order chi connectivity index (χ0) is 16.6. The van der Waals surface area contributed by atoms with Gasteiger partial charge in [0.05, 0.1) is 5.41 Å². The molecule has 3 N–H and O–H groups in total. The van der Waals surface area contributed by atoms with E-state index in [2.05, 4.69) is 43.1 Å². The van der Waals surface area contributed by atoms with Crippen LogP contribution in [0.4, 0.5) is 0 Å². The average Bonchev–Trinajstić information content (AvgIpc) is 2.54. The molecule has 22 heavy (non-hydrogen) atoms. The summed E-state index contributed by atoms with van der Waals surface area (Å²) in [6.45, 7) is 9.92. The molecule has 0 aromatic heterocycles. The summed E-state index contributed by atoms with van der Waals surface area (Å²) in [6, 6.07) is 0. The maximum absolute atomic E-state index is 12.4. The summed E-state index contributed by atoms with van der Waals surface area (Å²) in [4.78, 5) is 17.2. The third-order valence-electron chi connectivity index (χ3n) is 5.35. The zero-order valence-corrected chi connectivity index (χ0v) is 15.0. The van der Waals surface area contributed by atoms with Crippen molar-refractivity contribution in [1.82, 2.24) is 15.1 Å². The van der Waals surface area contributed by atoms with Crippen LogP contribution >= 0.6 is 0 Å². The van der Waals surface area contributed by atoms with Gasteiger partial charge < -0.3 is 20.9 Å². The molecule has 0 atom stereocenters. The van der Waals surface area contributed by atoms with Crippen molar-refractivity contribution in [2.45, 2.75) is 39.5 Å². The van der Waals surface area contributed by atoms with Gasteiger partial charge >= 0.3 is 0 Å². The molecule has 1 aliphatic heterocycles. The number of carbonyl (C=O) groups is 1. The Kier molecular flexibility index (Phi) is 8.36. The molecule has 1 aliphatic rings.